The van der Waals surface area contributed by atoms with E-state index in [1.54, 1.807) is 25.3 Å². The maximum Gasteiger partial charge on any atom is 0.243 e. The summed E-state index contributed by atoms with van der Waals surface area (Å²) in [5, 5.41) is 5.38. The fraction of sp³-hybridized carbons (Fsp3) is 0.381. The van der Waals surface area contributed by atoms with Gasteiger partial charge in [-0.2, -0.15) is 4.31 Å². The maximum atomic E-state index is 13.1. The first-order chi connectivity index (χ1) is 14.8. The topological polar surface area (TPSA) is 108 Å². The van der Waals surface area contributed by atoms with Crippen LogP contribution >= 0.6 is 0 Å². The highest BCUT2D eigenvalue weighted by Gasteiger charge is 2.34. The van der Waals surface area contributed by atoms with Gasteiger partial charge in [0.15, 0.2) is 0 Å². The van der Waals surface area contributed by atoms with Crippen molar-refractivity contribution in [3.05, 3.63) is 60.2 Å². The number of carbonyl (C=O) groups excluding carboxylic acids is 2. The smallest absolute Gasteiger partial charge is 0.243 e. The van der Waals surface area contributed by atoms with Crippen molar-refractivity contribution in [2.75, 3.05) is 13.1 Å². The first-order valence-corrected chi connectivity index (χ1v) is 11.4. The number of benzene rings is 1. The number of carbonyl (C=O) groups is 2. The molecule has 1 aliphatic heterocycles. The molecule has 0 saturated carbocycles. The summed E-state index contributed by atoms with van der Waals surface area (Å²) in [6, 6.07) is 9.19. The Kier molecular flexibility index (Phi) is 7.34. The second kappa shape index (κ2) is 9.97. The van der Waals surface area contributed by atoms with Crippen LogP contribution in [0.2, 0.25) is 0 Å². The highest BCUT2D eigenvalue weighted by molar-refractivity contribution is 7.89. The van der Waals surface area contributed by atoms with E-state index in [0.717, 1.165) is 12.1 Å². The molecular weight excluding hydrogens is 423 g/mol. The summed E-state index contributed by atoms with van der Waals surface area (Å²) in [5.74, 6) is -1.83. The summed E-state index contributed by atoms with van der Waals surface area (Å²) < 4.78 is 40.0. The Hall–Kier alpha value is -2.85. The van der Waals surface area contributed by atoms with Gasteiger partial charge in [0, 0.05) is 19.3 Å². The zero-order valence-electron chi connectivity index (χ0n) is 17.1. The largest absolute Gasteiger partial charge is 0.349 e. The minimum absolute atomic E-state index is 0.00776. The lowest BCUT2D eigenvalue weighted by Gasteiger charge is -2.31. The van der Waals surface area contributed by atoms with E-state index in [0.29, 0.717) is 18.5 Å². The van der Waals surface area contributed by atoms with Gasteiger partial charge in [0.05, 0.1) is 23.1 Å². The van der Waals surface area contributed by atoms with Crippen molar-refractivity contribution in [2.24, 2.45) is 5.92 Å². The summed E-state index contributed by atoms with van der Waals surface area (Å²) in [6.45, 7) is 2.10. The summed E-state index contributed by atoms with van der Waals surface area (Å²) in [5.41, 5.74) is 0.697. The van der Waals surface area contributed by atoms with E-state index < -0.39 is 27.8 Å². The van der Waals surface area contributed by atoms with Crippen molar-refractivity contribution in [3.63, 3.8) is 0 Å². The number of hydrogen-bond acceptors (Lipinski definition) is 5. The molecule has 166 valence electrons. The van der Waals surface area contributed by atoms with E-state index in [9.17, 15) is 22.4 Å². The summed E-state index contributed by atoms with van der Waals surface area (Å²) in [7, 11) is -3.83. The number of halogens is 1. The number of rotatable bonds is 7. The highest BCUT2D eigenvalue weighted by Crippen LogP contribution is 2.24. The van der Waals surface area contributed by atoms with Gasteiger partial charge >= 0.3 is 0 Å². The van der Waals surface area contributed by atoms with Gasteiger partial charge in [0.2, 0.25) is 21.8 Å². The molecule has 1 aromatic carbocycles. The summed E-state index contributed by atoms with van der Waals surface area (Å²) in [6.07, 6.45) is 2.66. The number of pyridine rings is 1. The second-order valence-electron chi connectivity index (χ2n) is 7.43. The van der Waals surface area contributed by atoms with Gasteiger partial charge in [0.1, 0.15) is 11.9 Å². The Balaban J connectivity index is 1.56. The van der Waals surface area contributed by atoms with Crippen molar-refractivity contribution >= 4 is 21.8 Å². The van der Waals surface area contributed by atoms with Crippen molar-refractivity contribution in [2.45, 2.75) is 37.2 Å². The maximum absolute atomic E-state index is 13.1. The van der Waals surface area contributed by atoms with Crippen molar-refractivity contribution < 1.29 is 22.4 Å². The van der Waals surface area contributed by atoms with Gasteiger partial charge in [-0.05, 0) is 56.2 Å². The fourth-order valence-corrected chi connectivity index (χ4v) is 4.88. The molecule has 8 nitrogen and oxygen atoms in total. The minimum Gasteiger partial charge on any atom is -0.349 e. The van der Waals surface area contributed by atoms with E-state index in [-0.39, 0.29) is 36.3 Å². The SMILES string of the molecule is C[C@H](NC(=O)[C@H]1CCCN(S(=O)(=O)c2ccc(F)cc2)C1)C(=O)NCc1ccccn1. The molecule has 0 radical (unpaired) electrons. The molecule has 0 unspecified atom stereocenters. The van der Waals surface area contributed by atoms with E-state index in [4.69, 9.17) is 0 Å². The standard InChI is InChI=1S/C21H25FN4O4S/c1-15(20(27)24-13-18-6-2-3-11-23-18)25-21(28)16-5-4-12-26(14-16)31(29,30)19-9-7-17(22)8-10-19/h2-3,6-11,15-16H,4-5,12-14H2,1H3,(H,24,27)(H,25,28)/t15-,16-/m0/s1. The molecule has 1 aromatic heterocycles. The average Bonchev–Trinajstić information content (AvgIpc) is 2.78. The molecule has 1 saturated heterocycles. The average molecular weight is 449 g/mol. The van der Waals surface area contributed by atoms with Crippen molar-refractivity contribution in [1.29, 1.82) is 0 Å². The Morgan fingerprint density at radius 2 is 1.97 bits per heavy atom. The predicted octanol–water partition coefficient (Wildman–Crippen LogP) is 1.44. The Bertz CT molecular complexity index is 1020. The molecule has 2 atom stereocenters. The van der Waals surface area contributed by atoms with Crippen LogP contribution < -0.4 is 10.6 Å². The second-order valence-corrected chi connectivity index (χ2v) is 9.36. The summed E-state index contributed by atoms with van der Waals surface area (Å²) in [4.78, 5) is 29.1. The van der Waals surface area contributed by atoms with E-state index in [1.807, 2.05) is 6.07 Å². The number of nitrogens with one attached hydrogen (secondary N) is 2. The van der Waals surface area contributed by atoms with Gasteiger partial charge in [-0.1, -0.05) is 6.07 Å². The van der Waals surface area contributed by atoms with Crippen LogP contribution in [0.5, 0.6) is 0 Å². The molecule has 0 spiro atoms. The highest BCUT2D eigenvalue weighted by atomic mass is 32.2. The number of piperidine rings is 1. The van der Waals surface area contributed by atoms with Crippen LogP contribution in [0.25, 0.3) is 0 Å². The van der Waals surface area contributed by atoms with Crippen LogP contribution in [-0.2, 0) is 26.2 Å². The Morgan fingerprint density at radius 3 is 2.65 bits per heavy atom. The molecule has 1 fully saturated rings. The minimum atomic E-state index is -3.83. The molecule has 2 heterocycles. The number of hydrogen-bond donors (Lipinski definition) is 2. The zero-order valence-corrected chi connectivity index (χ0v) is 17.9. The van der Waals surface area contributed by atoms with Crippen LogP contribution in [0.15, 0.2) is 53.6 Å². The Morgan fingerprint density at radius 1 is 1.23 bits per heavy atom. The summed E-state index contributed by atoms with van der Waals surface area (Å²) >= 11 is 0. The number of aromatic nitrogens is 1. The monoisotopic (exact) mass is 448 g/mol. The molecular formula is C21H25FN4O4S. The zero-order chi connectivity index (χ0) is 22.4. The number of nitrogens with zero attached hydrogens (tertiary/aromatic N) is 2. The van der Waals surface area contributed by atoms with Gasteiger partial charge in [-0.15, -0.1) is 0 Å². The lowest BCUT2D eigenvalue weighted by molar-refractivity contribution is -0.131. The first kappa shape index (κ1) is 22.8. The molecule has 3 rings (SSSR count). The van der Waals surface area contributed by atoms with Crippen molar-refractivity contribution in [3.8, 4) is 0 Å². The van der Waals surface area contributed by atoms with E-state index in [2.05, 4.69) is 15.6 Å². The van der Waals surface area contributed by atoms with Crippen molar-refractivity contribution in [1.82, 2.24) is 19.9 Å². The molecule has 0 bridgehead atoms. The van der Waals surface area contributed by atoms with Crippen LogP contribution in [0.3, 0.4) is 0 Å². The van der Waals surface area contributed by atoms with Gasteiger partial charge in [0.25, 0.3) is 0 Å². The first-order valence-electron chi connectivity index (χ1n) is 10.0. The third-order valence-corrected chi connectivity index (χ3v) is 7.01. The molecule has 10 heteroatoms. The van der Waals surface area contributed by atoms with Gasteiger partial charge in [-0.25, -0.2) is 12.8 Å². The Labute approximate surface area is 180 Å². The third-order valence-electron chi connectivity index (χ3n) is 5.13. The van der Waals surface area contributed by atoms with Gasteiger partial charge in [-0.3, -0.25) is 14.6 Å². The molecule has 2 aromatic rings. The van der Waals surface area contributed by atoms with E-state index >= 15 is 0 Å². The fourth-order valence-electron chi connectivity index (χ4n) is 3.36. The van der Waals surface area contributed by atoms with Crippen LogP contribution in [0, 0.1) is 11.7 Å². The van der Waals surface area contributed by atoms with Crippen LogP contribution in [-0.4, -0.2) is 48.7 Å². The van der Waals surface area contributed by atoms with Gasteiger partial charge < -0.3 is 10.6 Å². The quantitative estimate of drug-likeness (QED) is 0.666. The molecule has 31 heavy (non-hydrogen) atoms. The lowest BCUT2D eigenvalue weighted by atomic mass is 9.98. The molecule has 0 aliphatic carbocycles. The molecule has 2 N–H and O–H groups in total. The number of amides is 2. The molecule has 2 amide bonds. The predicted molar refractivity (Wildman–Crippen MR) is 112 cm³/mol. The van der Waals surface area contributed by atoms with Crippen LogP contribution in [0.1, 0.15) is 25.5 Å². The third kappa shape index (κ3) is 5.86. The lowest BCUT2D eigenvalue weighted by Crippen LogP contribution is -2.50. The number of sulfonamides is 1. The van der Waals surface area contributed by atoms with E-state index in [1.165, 1.54) is 16.4 Å². The molecule has 1 aliphatic rings. The van der Waals surface area contributed by atoms with Crippen LogP contribution in [0.4, 0.5) is 4.39 Å². The normalized spacial score (nSPS) is 18.2.